The third kappa shape index (κ3) is 2.17. The van der Waals surface area contributed by atoms with Crippen LogP contribution in [-0.4, -0.2) is 28.5 Å². The van der Waals surface area contributed by atoms with Crippen LogP contribution in [0.3, 0.4) is 0 Å². The molecule has 0 spiro atoms. The molecule has 3 rings (SSSR count). The van der Waals surface area contributed by atoms with Crippen LogP contribution >= 0.6 is 0 Å². The van der Waals surface area contributed by atoms with Crippen LogP contribution in [0, 0.1) is 35.0 Å². The van der Waals surface area contributed by atoms with Crippen LogP contribution < -0.4 is 0 Å². The highest BCUT2D eigenvalue weighted by Gasteiger charge is 2.49. The van der Waals surface area contributed by atoms with E-state index >= 15 is 0 Å². The predicted molar refractivity (Wildman–Crippen MR) is 77.8 cm³/mol. The van der Waals surface area contributed by atoms with Gasteiger partial charge >= 0.3 is 0 Å². The molecule has 2 aliphatic rings. The predicted octanol–water partition coefficient (Wildman–Crippen LogP) is 1.97. The van der Waals surface area contributed by atoms with E-state index in [1.807, 2.05) is 6.07 Å². The molecule has 4 nitrogen and oxygen atoms in total. The first-order valence-electron chi connectivity index (χ1n) is 7.18. The van der Waals surface area contributed by atoms with E-state index in [0.717, 1.165) is 31.2 Å². The van der Waals surface area contributed by atoms with Crippen LogP contribution in [0.1, 0.15) is 36.8 Å². The van der Waals surface area contributed by atoms with Crippen molar-refractivity contribution >= 4 is 0 Å². The van der Waals surface area contributed by atoms with E-state index in [1.54, 1.807) is 6.20 Å². The Morgan fingerprint density at radius 2 is 2.00 bits per heavy atom. The van der Waals surface area contributed by atoms with Gasteiger partial charge < -0.3 is 0 Å². The van der Waals surface area contributed by atoms with Gasteiger partial charge in [0.15, 0.2) is 0 Å². The summed E-state index contributed by atoms with van der Waals surface area (Å²) < 4.78 is 0. The standard InChI is InChI=1S/C17H16N4/c1-2-5-21-15-3-4-16(21)8-17(7-15,12-19)14-6-13(9-18)10-20-11-14/h1,6,10-11,15-16H,3-5,7-8H2/t15-,16+,17-. The fourth-order valence-corrected chi connectivity index (χ4v) is 3.86. The molecule has 2 fully saturated rings. The Morgan fingerprint density at radius 3 is 2.57 bits per heavy atom. The number of pyridine rings is 1. The molecule has 3 atom stereocenters. The molecule has 0 radical (unpaired) electrons. The van der Waals surface area contributed by atoms with E-state index in [4.69, 9.17) is 11.7 Å². The smallest absolute Gasteiger partial charge is 0.101 e. The van der Waals surface area contributed by atoms with E-state index in [-0.39, 0.29) is 0 Å². The van der Waals surface area contributed by atoms with E-state index in [9.17, 15) is 5.26 Å². The largest absolute Gasteiger partial charge is 0.286 e. The second kappa shape index (κ2) is 5.21. The number of rotatable bonds is 2. The lowest BCUT2D eigenvalue weighted by Gasteiger charge is -2.42. The molecule has 2 saturated heterocycles. The van der Waals surface area contributed by atoms with Gasteiger partial charge in [0.05, 0.1) is 23.6 Å². The van der Waals surface area contributed by atoms with Crippen LogP contribution in [0.5, 0.6) is 0 Å². The van der Waals surface area contributed by atoms with Crippen LogP contribution in [0.25, 0.3) is 0 Å². The van der Waals surface area contributed by atoms with Crippen molar-refractivity contribution in [2.75, 3.05) is 6.54 Å². The van der Waals surface area contributed by atoms with Crippen LogP contribution in [-0.2, 0) is 5.41 Å². The van der Waals surface area contributed by atoms with Gasteiger partial charge in [-0.3, -0.25) is 9.88 Å². The molecular formula is C17H16N4. The van der Waals surface area contributed by atoms with Crippen LogP contribution in [0.15, 0.2) is 18.5 Å². The summed E-state index contributed by atoms with van der Waals surface area (Å²) in [7, 11) is 0. The molecule has 4 heteroatoms. The number of aromatic nitrogens is 1. The first-order chi connectivity index (χ1) is 10.2. The number of fused-ring (bicyclic) bond motifs is 2. The minimum atomic E-state index is -0.531. The summed E-state index contributed by atoms with van der Waals surface area (Å²) in [6.45, 7) is 0.660. The quantitative estimate of drug-likeness (QED) is 0.775. The molecule has 0 saturated carbocycles. The minimum Gasteiger partial charge on any atom is -0.286 e. The van der Waals surface area contributed by atoms with E-state index < -0.39 is 5.41 Å². The summed E-state index contributed by atoms with van der Waals surface area (Å²) in [4.78, 5) is 6.49. The van der Waals surface area contributed by atoms with Gasteiger partial charge in [0.1, 0.15) is 6.07 Å². The maximum absolute atomic E-state index is 9.82. The topological polar surface area (TPSA) is 63.7 Å². The van der Waals surface area contributed by atoms with Crippen molar-refractivity contribution in [3.8, 4) is 24.5 Å². The van der Waals surface area contributed by atoms with Gasteiger partial charge in [-0.1, -0.05) is 5.92 Å². The monoisotopic (exact) mass is 276 g/mol. The van der Waals surface area contributed by atoms with Gasteiger partial charge in [0.25, 0.3) is 0 Å². The van der Waals surface area contributed by atoms with Crippen molar-refractivity contribution in [1.29, 1.82) is 10.5 Å². The van der Waals surface area contributed by atoms with Gasteiger partial charge in [-0.15, -0.1) is 6.42 Å². The van der Waals surface area contributed by atoms with E-state index in [0.29, 0.717) is 24.2 Å². The third-order valence-electron chi connectivity index (χ3n) is 4.85. The van der Waals surface area contributed by atoms with Crippen LogP contribution in [0.4, 0.5) is 0 Å². The van der Waals surface area contributed by atoms with Crippen molar-refractivity contribution in [2.24, 2.45) is 0 Å². The van der Waals surface area contributed by atoms with E-state index in [2.05, 4.69) is 27.9 Å². The average molecular weight is 276 g/mol. The van der Waals surface area contributed by atoms with Crippen molar-refractivity contribution in [3.05, 3.63) is 29.6 Å². The fraction of sp³-hybridized carbons (Fsp3) is 0.471. The highest BCUT2D eigenvalue weighted by Crippen LogP contribution is 2.46. The highest BCUT2D eigenvalue weighted by molar-refractivity contribution is 5.39. The van der Waals surface area contributed by atoms with Gasteiger partial charge in [0, 0.05) is 24.5 Å². The van der Waals surface area contributed by atoms with Crippen LogP contribution in [0.2, 0.25) is 0 Å². The Hall–Kier alpha value is -2.35. The Labute approximate surface area is 125 Å². The molecule has 0 aliphatic carbocycles. The normalized spacial score (nSPS) is 31.1. The Bertz CT molecular complexity index is 659. The molecule has 1 aromatic heterocycles. The molecule has 21 heavy (non-hydrogen) atoms. The Morgan fingerprint density at radius 1 is 1.29 bits per heavy atom. The van der Waals surface area contributed by atoms with Gasteiger partial charge in [-0.2, -0.15) is 10.5 Å². The number of hydrogen-bond acceptors (Lipinski definition) is 4. The summed E-state index contributed by atoms with van der Waals surface area (Å²) in [5.41, 5.74) is 0.860. The number of piperidine rings is 1. The highest BCUT2D eigenvalue weighted by atomic mass is 15.2. The first kappa shape index (κ1) is 13.6. The molecular weight excluding hydrogens is 260 g/mol. The summed E-state index contributed by atoms with van der Waals surface area (Å²) in [5.74, 6) is 2.73. The molecule has 0 aromatic carbocycles. The van der Waals surface area contributed by atoms with Gasteiger partial charge in [-0.05, 0) is 37.3 Å². The average Bonchev–Trinajstić information content (AvgIpc) is 2.78. The molecule has 2 aliphatic heterocycles. The van der Waals surface area contributed by atoms with Crippen molar-refractivity contribution in [3.63, 3.8) is 0 Å². The molecule has 104 valence electrons. The number of terminal acetylenes is 1. The summed E-state index contributed by atoms with van der Waals surface area (Å²) in [6.07, 6.45) is 12.5. The molecule has 0 unspecified atom stereocenters. The Balaban J connectivity index is 1.96. The lowest BCUT2D eigenvalue weighted by atomic mass is 9.71. The molecule has 0 N–H and O–H groups in total. The number of hydrogen-bond donors (Lipinski definition) is 0. The Kier molecular flexibility index (Phi) is 3.38. The summed E-state index contributed by atoms with van der Waals surface area (Å²) in [5, 5.41) is 18.9. The second-order valence-electron chi connectivity index (χ2n) is 5.94. The third-order valence-corrected chi connectivity index (χ3v) is 4.85. The molecule has 1 aromatic rings. The molecule has 3 heterocycles. The van der Waals surface area contributed by atoms with E-state index in [1.165, 1.54) is 6.20 Å². The second-order valence-corrected chi connectivity index (χ2v) is 5.94. The SMILES string of the molecule is C#CCN1[C@@H]2CC[C@H]1C[C@](C#N)(c1cncc(C#N)c1)C2. The number of nitriles is 2. The molecule has 0 amide bonds. The van der Waals surface area contributed by atoms with Crippen molar-refractivity contribution < 1.29 is 0 Å². The maximum atomic E-state index is 9.82. The zero-order chi connectivity index (χ0) is 14.9. The van der Waals surface area contributed by atoms with Gasteiger partial charge in [0.2, 0.25) is 0 Å². The zero-order valence-electron chi connectivity index (χ0n) is 11.8. The zero-order valence-corrected chi connectivity index (χ0v) is 11.8. The van der Waals surface area contributed by atoms with Gasteiger partial charge in [-0.25, -0.2) is 0 Å². The van der Waals surface area contributed by atoms with Crippen molar-refractivity contribution in [1.82, 2.24) is 9.88 Å². The first-order valence-corrected chi connectivity index (χ1v) is 7.18. The maximum Gasteiger partial charge on any atom is 0.101 e. The summed E-state index contributed by atoms with van der Waals surface area (Å²) in [6, 6.07) is 7.17. The van der Waals surface area contributed by atoms with Crippen molar-refractivity contribution in [2.45, 2.75) is 43.2 Å². The summed E-state index contributed by atoms with van der Waals surface area (Å²) >= 11 is 0. The molecule has 2 bridgehead atoms. The fourth-order valence-electron chi connectivity index (χ4n) is 3.86. The minimum absolute atomic E-state index is 0.366. The lowest BCUT2D eigenvalue weighted by molar-refractivity contribution is 0.121. The number of nitrogens with zero attached hydrogens (tertiary/aromatic N) is 4. The lowest BCUT2D eigenvalue weighted by Crippen LogP contribution is -2.49.